The normalized spacial score (nSPS) is 13.8. The fraction of sp³-hybridized carbons (Fsp3) is 0.455. The Morgan fingerprint density at radius 2 is 2.00 bits per heavy atom. The van der Waals surface area contributed by atoms with Crippen LogP contribution in [0.1, 0.15) is 18.4 Å². The number of nitrogens with two attached hydrogens (primary N) is 1. The summed E-state index contributed by atoms with van der Waals surface area (Å²) in [6, 6.07) is 5.37. The molecular weight excluding hydrogens is 239 g/mol. The third-order valence-electron chi connectivity index (χ3n) is 2.29. The highest BCUT2D eigenvalue weighted by molar-refractivity contribution is 6.30. The predicted molar refractivity (Wildman–Crippen MR) is 58.4 cm³/mol. The minimum absolute atomic E-state index is 0.0595. The van der Waals surface area contributed by atoms with Crippen LogP contribution in [0, 0.1) is 0 Å². The Kier molecular flexibility index (Phi) is 4.62. The molecule has 0 amide bonds. The highest BCUT2D eigenvalue weighted by atomic mass is 35.5. The average Bonchev–Trinajstić information content (AvgIpc) is 2.16. The van der Waals surface area contributed by atoms with Gasteiger partial charge >= 0.3 is 6.18 Å². The maximum atomic E-state index is 12.1. The van der Waals surface area contributed by atoms with Gasteiger partial charge in [0.15, 0.2) is 0 Å². The lowest BCUT2D eigenvalue weighted by Crippen LogP contribution is -2.37. The van der Waals surface area contributed by atoms with Crippen molar-refractivity contribution >= 4 is 11.6 Å². The van der Waals surface area contributed by atoms with Crippen LogP contribution in [0.3, 0.4) is 0 Å². The Morgan fingerprint density at radius 1 is 1.31 bits per heavy atom. The number of halogens is 4. The van der Waals surface area contributed by atoms with E-state index in [-0.39, 0.29) is 6.42 Å². The minimum atomic E-state index is -4.30. The zero-order chi connectivity index (χ0) is 12.2. The summed E-state index contributed by atoms with van der Waals surface area (Å²) in [5, 5.41) is 0.595. The third-order valence-corrected chi connectivity index (χ3v) is 2.53. The smallest absolute Gasteiger partial charge is 0.320 e. The van der Waals surface area contributed by atoms with Crippen molar-refractivity contribution in [2.45, 2.75) is 31.5 Å². The molecule has 1 aromatic carbocycles. The molecule has 2 N–H and O–H groups in total. The summed E-state index contributed by atoms with van der Waals surface area (Å²) in [6.45, 7) is 0. The number of hydrogen-bond acceptors (Lipinski definition) is 1. The fourth-order valence-corrected chi connectivity index (χ4v) is 1.60. The molecule has 0 saturated heterocycles. The molecule has 0 radical (unpaired) electrons. The summed E-state index contributed by atoms with van der Waals surface area (Å²) in [5.41, 5.74) is 5.93. The molecule has 1 atom stereocenters. The van der Waals surface area contributed by atoms with Crippen LogP contribution in [-0.2, 0) is 6.42 Å². The molecule has 0 spiro atoms. The van der Waals surface area contributed by atoms with Crippen molar-refractivity contribution in [3.63, 3.8) is 0 Å². The van der Waals surface area contributed by atoms with E-state index in [9.17, 15) is 13.2 Å². The Labute approximate surface area is 97.4 Å². The Bertz CT molecular complexity index is 338. The van der Waals surface area contributed by atoms with Gasteiger partial charge in [0.25, 0.3) is 0 Å². The summed E-state index contributed by atoms with van der Waals surface area (Å²) >= 11 is 5.75. The molecule has 1 nitrogen and oxygen atoms in total. The van der Waals surface area contributed by atoms with Crippen LogP contribution in [-0.4, -0.2) is 12.2 Å². The maximum Gasteiger partial charge on any atom is 0.403 e. The van der Waals surface area contributed by atoms with Gasteiger partial charge in [0.1, 0.15) is 6.04 Å². The molecule has 0 aliphatic carbocycles. The summed E-state index contributed by atoms with van der Waals surface area (Å²) < 4.78 is 36.3. The summed E-state index contributed by atoms with van der Waals surface area (Å²) in [4.78, 5) is 0. The molecule has 0 aliphatic rings. The van der Waals surface area contributed by atoms with Gasteiger partial charge in [-0.1, -0.05) is 23.7 Å². The Balaban J connectivity index is 2.36. The van der Waals surface area contributed by atoms with E-state index in [1.807, 2.05) is 6.07 Å². The Morgan fingerprint density at radius 3 is 2.56 bits per heavy atom. The van der Waals surface area contributed by atoms with Crippen LogP contribution in [0.25, 0.3) is 0 Å². The highest BCUT2D eigenvalue weighted by Gasteiger charge is 2.35. The molecule has 0 bridgehead atoms. The van der Waals surface area contributed by atoms with Crippen LogP contribution < -0.4 is 5.73 Å². The van der Waals surface area contributed by atoms with Gasteiger partial charge < -0.3 is 5.73 Å². The fourth-order valence-electron chi connectivity index (χ4n) is 1.38. The van der Waals surface area contributed by atoms with Gasteiger partial charge in [-0.25, -0.2) is 0 Å². The molecule has 0 fully saturated rings. The molecule has 0 aromatic heterocycles. The van der Waals surface area contributed by atoms with Crippen LogP contribution >= 0.6 is 11.6 Å². The van der Waals surface area contributed by atoms with E-state index >= 15 is 0 Å². The van der Waals surface area contributed by atoms with Crippen LogP contribution in [0.5, 0.6) is 0 Å². The molecule has 0 heterocycles. The van der Waals surface area contributed by atoms with E-state index in [1.54, 1.807) is 18.2 Å². The quantitative estimate of drug-likeness (QED) is 0.870. The number of aryl methyl sites for hydroxylation is 1. The lowest BCUT2D eigenvalue weighted by molar-refractivity contribution is -0.149. The van der Waals surface area contributed by atoms with Gasteiger partial charge in [-0.15, -0.1) is 0 Å². The summed E-state index contributed by atoms with van der Waals surface area (Å²) in [6.07, 6.45) is -3.39. The second-order valence-corrected chi connectivity index (χ2v) is 4.11. The molecule has 5 heteroatoms. The first-order valence-corrected chi connectivity index (χ1v) is 5.34. The van der Waals surface area contributed by atoms with E-state index in [2.05, 4.69) is 0 Å². The van der Waals surface area contributed by atoms with Gasteiger partial charge in [0, 0.05) is 5.02 Å². The monoisotopic (exact) mass is 251 g/mol. The van der Waals surface area contributed by atoms with Crippen molar-refractivity contribution < 1.29 is 13.2 Å². The first-order chi connectivity index (χ1) is 7.39. The van der Waals surface area contributed by atoms with Crippen molar-refractivity contribution in [1.29, 1.82) is 0 Å². The van der Waals surface area contributed by atoms with Crippen molar-refractivity contribution in [2.24, 2.45) is 5.73 Å². The summed E-state index contributed by atoms with van der Waals surface area (Å²) in [7, 11) is 0. The van der Waals surface area contributed by atoms with Gasteiger partial charge in [-0.2, -0.15) is 13.2 Å². The average molecular weight is 252 g/mol. The second-order valence-electron chi connectivity index (χ2n) is 3.67. The zero-order valence-corrected chi connectivity index (χ0v) is 9.35. The Hall–Kier alpha value is -0.740. The third kappa shape index (κ3) is 4.41. The van der Waals surface area contributed by atoms with Crippen molar-refractivity contribution in [2.75, 3.05) is 0 Å². The summed E-state index contributed by atoms with van der Waals surface area (Å²) in [5.74, 6) is 0. The second kappa shape index (κ2) is 5.55. The van der Waals surface area contributed by atoms with Gasteiger partial charge in [0.2, 0.25) is 0 Å². The van der Waals surface area contributed by atoms with Crippen molar-refractivity contribution in [3.05, 3.63) is 34.9 Å². The van der Waals surface area contributed by atoms with Gasteiger partial charge in [0.05, 0.1) is 0 Å². The van der Waals surface area contributed by atoms with E-state index in [0.717, 1.165) is 5.56 Å². The largest absolute Gasteiger partial charge is 0.403 e. The van der Waals surface area contributed by atoms with Gasteiger partial charge in [-0.05, 0) is 37.0 Å². The topological polar surface area (TPSA) is 26.0 Å². The first kappa shape index (κ1) is 13.3. The standard InChI is InChI=1S/C11H13ClF3N/c12-9-5-1-3-8(7-9)4-2-6-10(16)11(13,14)15/h1,3,5,7,10H,2,4,6,16H2/t10-/m0/s1. The minimum Gasteiger partial charge on any atom is -0.320 e. The molecule has 0 aliphatic heterocycles. The van der Waals surface area contributed by atoms with E-state index in [1.165, 1.54) is 0 Å². The van der Waals surface area contributed by atoms with E-state index in [0.29, 0.717) is 17.9 Å². The zero-order valence-electron chi connectivity index (χ0n) is 8.60. The highest BCUT2D eigenvalue weighted by Crippen LogP contribution is 2.22. The van der Waals surface area contributed by atoms with Crippen LogP contribution in [0.4, 0.5) is 13.2 Å². The first-order valence-electron chi connectivity index (χ1n) is 4.96. The maximum absolute atomic E-state index is 12.1. The van der Waals surface area contributed by atoms with Crippen molar-refractivity contribution in [3.8, 4) is 0 Å². The molecular formula is C11H13ClF3N. The predicted octanol–water partition coefficient (Wildman–Crippen LogP) is 3.55. The molecule has 0 unspecified atom stereocenters. The molecule has 90 valence electrons. The lowest BCUT2D eigenvalue weighted by Gasteiger charge is -2.14. The van der Waals surface area contributed by atoms with Gasteiger partial charge in [-0.3, -0.25) is 0 Å². The molecule has 16 heavy (non-hydrogen) atoms. The number of benzene rings is 1. The van der Waals surface area contributed by atoms with Crippen LogP contribution in [0.15, 0.2) is 24.3 Å². The number of hydrogen-bond donors (Lipinski definition) is 1. The SMILES string of the molecule is N[C@@H](CCCc1cccc(Cl)c1)C(F)(F)F. The van der Waals surface area contributed by atoms with E-state index in [4.69, 9.17) is 17.3 Å². The molecule has 0 saturated carbocycles. The van der Waals surface area contributed by atoms with E-state index < -0.39 is 12.2 Å². The lowest BCUT2D eigenvalue weighted by atomic mass is 10.1. The van der Waals surface area contributed by atoms with Crippen LogP contribution in [0.2, 0.25) is 5.02 Å². The number of rotatable bonds is 4. The molecule has 1 aromatic rings. The molecule has 1 rings (SSSR count). The number of alkyl halides is 3. The van der Waals surface area contributed by atoms with Crippen molar-refractivity contribution in [1.82, 2.24) is 0 Å².